The number of aromatic nitrogens is 2. The molecule has 0 radical (unpaired) electrons. The predicted octanol–water partition coefficient (Wildman–Crippen LogP) is 6.37. The number of hydrogen-bond donors (Lipinski definition) is 1. The van der Waals surface area contributed by atoms with Gasteiger partial charge in [0.25, 0.3) is 0 Å². The lowest BCUT2D eigenvalue weighted by atomic mass is 10.0. The lowest BCUT2D eigenvalue weighted by molar-refractivity contribution is -0.689. The van der Waals surface area contributed by atoms with Crippen molar-refractivity contribution in [2.75, 3.05) is 0 Å². The third-order valence-corrected chi connectivity index (χ3v) is 6.70. The molecule has 0 aromatic carbocycles. The van der Waals surface area contributed by atoms with E-state index in [1.807, 2.05) is 0 Å². The molecule has 0 spiro atoms. The normalized spacial score (nSPS) is 13.1. The van der Waals surface area contributed by atoms with Crippen molar-refractivity contribution in [1.29, 1.82) is 0 Å². The molecule has 0 bridgehead atoms. The Kier molecular flexibility index (Phi) is 12.2. The fourth-order valence-corrected chi connectivity index (χ4v) is 4.29. The molecule has 1 rings (SSSR count). The highest BCUT2D eigenvalue weighted by Gasteiger charge is 2.72. The van der Waals surface area contributed by atoms with Crippen molar-refractivity contribution in [3.63, 3.8) is 0 Å². The summed E-state index contributed by atoms with van der Waals surface area (Å²) in [6.45, 7) is 2.27. The van der Waals surface area contributed by atoms with E-state index in [1.165, 1.54) is 64.0 Å². The number of aryl methyl sites for hydroxylation is 2. The fourth-order valence-electron chi connectivity index (χ4n) is 3.88. The maximum atomic E-state index is 14.3. The summed E-state index contributed by atoms with van der Waals surface area (Å²) in [5.41, 5.74) is 0. The molecule has 0 aliphatic carbocycles. The van der Waals surface area contributed by atoms with Crippen LogP contribution in [0, 0.1) is 0 Å². The summed E-state index contributed by atoms with van der Waals surface area (Å²) >= 11 is 0. The Morgan fingerprint density at radius 1 is 0.844 bits per heavy atom. The monoisotopic (exact) mass is 487 g/mol. The summed E-state index contributed by atoms with van der Waals surface area (Å²) in [7, 11) is -5.15. The second-order valence-corrected chi connectivity index (χ2v) is 10.1. The van der Waals surface area contributed by atoms with Gasteiger partial charge < -0.3 is 0 Å². The van der Waals surface area contributed by atoms with Gasteiger partial charge in [0.15, 0.2) is 0 Å². The van der Waals surface area contributed by atoms with E-state index in [0.717, 1.165) is 48.1 Å². The average molecular weight is 488 g/mol. The van der Waals surface area contributed by atoms with Crippen molar-refractivity contribution >= 4 is 10.1 Å². The molecule has 32 heavy (non-hydrogen) atoms. The van der Waals surface area contributed by atoms with E-state index in [9.17, 15) is 26.0 Å². The minimum Gasteiger partial charge on any atom is -0.281 e. The van der Waals surface area contributed by atoms with Crippen LogP contribution in [0.15, 0.2) is 12.4 Å². The van der Waals surface area contributed by atoms with E-state index >= 15 is 0 Å². The first-order valence-electron chi connectivity index (χ1n) is 11.7. The zero-order chi connectivity index (χ0) is 24.3. The van der Waals surface area contributed by atoms with Crippen LogP contribution in [-0.4, -0.2) is 22.8 Å². The van der Waals surface area contributed by atoms with Gasteiger partial charge in [-0.05, 0) is 12.8 Å². The zero-order valence-electron chi connectivity index (χ0n) is 19.3. The number of imidazole rings is 1. The van der Waals surface area contributed by atoms with Gasteiger partial charge in [-0.25, -0.2) is 9.13 Å². The van der Waals surface area contributed by atoms with Gasteiger partial charge in [-0.2, -0.15) is 26.0 Å². The van der Waals surface area contributed by atoms with Gasteiger partial charge in [0.1, 0.15) is 12.4 Å². The van der Waals surface area contributed by atoms with E-state index in [1.54, 1.807) is 0 Å². The van der Waals surface area contributed by atoms with Crippen LogP contribution in [-0.2, 0) is 29.6 Å². The van der Waals surface area contributed by atoms with Gasteiger partial charge in [-0.3, -0.25) is 4.55 Å². The van der Waals surface area contributed by atoms with Gasteiger partial charge in [0.2, 0.25) is 0 Å². The topological polar surface area (TPSA) is 63.2 Å². The minimum absolute atomic E-state index is 0.0609. The van der Waals surface area contributed by atoms with Crippen LogP contribution in [0.2, 0.25) is 0 Å². The molecular weight excluding hydrogens is 448 g/mol. The van der Waals surface area contributed by atoms with E-state index in [2.05, 4.69) is 6.92 Å². The summed E-state index contributed by atoms with van der Waals surface area (Å²) in [6.07, 6.45) is 18.3. The quantitative estimate of drug-likeness (QED) is 0.113. The molecule has 0 atom stereocenters. The third kappa shape index (κ3) is 8.32. The Hall–Kier alpha value is -1.16. The van der Waals surface area contributed by atoms with E-state index in [4.69, 9.17) is 4.55 Å². The van der Waals surface area contributed by atoms with Crippen molar-refractivity contribution in [2.45, 2.75) is 115 Å². The smallest absolute Gasteiger partial charge is 0.281 e. The standard InChI is InChI=1S/C22H38F4N2O3S/c1-3-4-5-6-7-8-9-10-11-12-13-14-15-16-17-28-19-18-27(2)20(28)21(23,24)22(25,26)32(29,30)31/h18-19H,3-17H2,1-2H3/p+1. The fraction of sp³-hybridized carbons (Fsp3) is 0.864. The van der Waals surface area contributed by atoms with Crippen molar-refractivity contribution in [1.82, 2.24) is 4.57 Å². The minimum atomic E-state index is -6.28. The summed E-state index contributed by atoms with van der Waals surface area (Å²) in [4.78, 5) is 0. The number of alkyl halides is 4. The Bertz CT molecular complexity index is 767. The third-order valence-electron chi connectivity index (χ3n) is 5.80. The van der Waals surface area contributed by atoms with Crippen LogP contribution < -0.4 is 4.57 Å². The molecule has 1 aromatic heterocycles. The van der Waals surface area contributed by atoms with Gasteiger partial charge in [-0.15, -0.1) is 0 Å². The molecule has 0 aliphatic rings. The summed E-state index contributed by atoms with van der Waals surface area (Å²) in [5, 5.41) is -5.62. The first kappa shape index (κ1) is 28.9. The molecule has 0 saturated heterocycles. The zero-order valence-corrected chi connectivity index (χ0v) is 20.2. The number of nitrogens with zero attached hydrogens (tertiary/aromatic N) is 2. The second-order valence-electron chi connectivity index (χ2n) is 8.59. The highest BCUT2D eigenvalue weighted by atomic mass is 32.2. The van der Waals surface area contributed by atoms with Crippen LogP contribution >= 0.6 is 0 Å². The van der Waals surface area contributed by atoms with Crippen LogP contribution in [0.25, 0.3) is 0 Å². The van der Waals surface area contributed by atoms with Crippen molar-refractivity contribution < 1.29 is 35.1 Å². The van der Waals surface area contributed by atoms with E-state index < -0.39 is 27.1 Å². The highest BCUT2D eigenvalue weighted by molar-refractivity contribution is 7.86. The molecule has 0 fully saturated rings. The molecule has 1 aromatic rings. The molecule has 1 heterocycles. The van der Waals surface area contributed by atoms with Gasteiger partial charge in [-0.1, -0.05) is 84.0 Å². The highest BCUT2D eigenvalue weighted by Crippen LogP contribution is 2.44. The molecular formula is C22H39F4N2O3S+. The average Bonchev–Trinajstić information content (AvgIpc) is 3.08. The summed E-state index contributed by atoms with van der Waals surface area (Å²) in [6, 6.07) is 0. The van der Waals surface area contributed by atoms with E-state index in [0.29, 0.717) is 6.42 Å². The Labute approximate surface area is 190 Å². The largest absolute Gasteiger partial charge is 0.444 e. The number of rotatable bonds is 18. The number of unbranched alkanes of at least 4 members (excludes halogenated alkanes) is 13. The van der Waals surface area contributed by atoms with Crippen molar-refractivity contribution in [3.8, 4) is 0 Å². The summed E-state index contributed by atoms with van der Waals surface area (Å²) < 4.78 is 88.0. The Morgan fingerprint density at radius 2 is 1.25 bits per heavy atom. The van der Waals surface area contributed by atoms with E-state index in [-0.39, 0.29) is 6.54 Å². The van der Waals surface area contributed by atoms with Crippen LogP contribution in [0.4, 0.5) is 17.6 Å². The molecule has 1 N–H and O–H groups in total. The molecule has 5 nitrogen and oxygen atoms in total. The van der Waals surface area contributed by atoms with Crippen LogP contribution in [0.3, 0.4) is 0 Å². The first-order valence-corrected chi connectivity index (χ1v) is 13.2. The molecule has 0 amide bonds. The lowest BCUT2D eigenvalue weighted by Crippen LogP contribution is -2.52. The second kappa shape index (κ2) is 13.5. The Balaban J connectivity index is 2.32. The first-order chi connectivity index (χ1) is 15.0. The van der Waals surface area contributed by atoms with Crippen molar-refractivity contribution in [3.05, 3.63) is 18.2 Å². The van der Waals surface area contributed by atoms with Gasteiger partial charge in [0.05, 0.1) is 13.6 Å². The number of hydrogen-bond acceptors (Lipinski definition) is 2. The molecule has 188 valence electrons. The number of halogens is 4. The Morgan fingerprint density at radius 3 is 1.66 bits per heavy atom. The van der Waals surface area contributed by atoms with Crippen LogP contribution in [0.5, 0.6) is 0 Å². The molecule has 0 unspecified atom stereocenters. The SMILES string of the molecule is CCCCCCCCCCCCCCCCn1cc[n+](C)c1C(F)(F)C(F)(F)S(=O)(=O)O. The lowest BCUT2D eigenvalue weighted by Gasteiger charge is -2.21. The molecule has 0 aliphatic heterocycles. The molecule has 10 heteroatoms. The maximum absolute atomic E-state index is 14.3. The molecule has 0 saturated carbocycles. The van der Waals surface area contributed by atoms with Gasteiger partial charge in [0, 0.05) is 0 Å². The van der Waals surface area contributed by atoms with Gasteiger partial charge >= 0.3 is 27.1 Å². The maximum Gasteiger partial charge on any atom is 0.444 e. The predicted molar refractivity (Wildman–Crippen MR) is 116 cm³/mol. The van der Waals surface area contributed by atoms with Crippen molar-refractivity contribution in [2.24, 2.45) is 7.05 Å². The summed E-state index contributed by atoms with van der Waals surface area (Å²) in [5.74, 6) is -6.23. The van der Waals surface area contributed by atoms with Crippen LogP contribution in [0.1, 0.15) is 103 Å².